The molecule has 0 aliphatic heterocycles. The van der Waals surface area contributed by atoms with Crippen LogP contribution in [-0.4, -0.2) is 23.7 Å². The molecule has 2 aromatic heterocycles. The van der Waals surface area contributed by atoms with Crippen molar-refractivity contribution in [2.24, 2.45) is 5.10 Å². The fraction of sp³-hybridized carbons (Fsp3) is 0.0455. The van der Waals surface area contributed by atoms with Crippen molar-refractivity contribution in [3.8, 4) is 5.75 Å². The minimum Gasteiger partial charge on any atom is -0.481 e. The van der Waals surface area contributed by atoms with Crippen LogP contribution in [0.1, 0.15) is 5.76 Å². The van der Waals surface area contributed by atoms with E-state index in [-0.39, 0.29) is 6.61 Å². The number of ether oxygens (including phenoxy) is 1. The standard InChI is InChI=1S/C22H15BrClN3O3S/c23-18-11-16(30-22(18)31-17-8-6-15(24)7-9-17)12-26-27-20(28)13-29-19-5-1-3-14-4-2-10-25-21(14)19/h1-12H,13H2,(H,27,28)/b26-12+. The number of aromatic nitrogens is 1. The van der Waals surface area contributed by atoms with E-state index in [4.69, 9.17) is 20.8 Å². The number of halogens is 2. The molecule has 6 nitrogen and oxygen atoms in total. The molecule has 2 heterocycles. The molecule has 0 unspecified atom stereocenters. The summed E-state index contributed by atoms with van der Waals surface area (Å²) in [5.74, 6) is 0.629. The monoisotopic (exact) mass is 515 g/mol. The van der Waals surface area contributed by atoms with Crippen molar-refractivity contribution in [2.75, 3.05) is 6.61 Å². The molecule has 4 rings (SSSR count). The zero-order chi connectivity index (χ0) is 21.6. The quantitative estimate of drug-likeness (QED) is 0.244. The number of hydrogen-bond donors (Lipinski definition) is 1. The Kier molecular flexibility index (Phi) is 6.91. The van der Waals surface area contributed by atoms with Crippen molar-refractivity contribution in [3.63, 3.8) is 0 Å². The summed E-state index contributed by atoms with van der Waals surface area (Å²) in [4.78, 5) is 17.3. The van der Waals surface area contributed by atoms with Gasteiger partial charge in [0.25, 0.3) is 5.91 Å². The fourth-order valence-electron chi connectivity index (χ4n) is 2.65. The molecule has 0 fully saturated rings. The first-order valence-corrected chi connectivity index (χ1v) is 11.1. The summed E-state index contributed by atoms with van der Waals surface area (Å²) in [7, 11) is 0. The first kappa shape index (κ1) is 21.4. The smallest absolute Gasteiger partial charge is 0.277 e. The highest BCUT2D eigenvalue weighted by atomic mass is 79.9. The van der Waals surface area contributed by atoms with Crippen LogP contribution >= 0.6 is 39.3 Å². The minimum atomic E-state index is -0.398. The summed E-state index contributed by atoms with van der Waals surface area (Å²) >= 11 is 10.8. The molecule has 4 aromatic rings. The molecule has 0 radical (unpaired) electrons. The van der Waals surface area contributed by atoms with Crippen LogP contribution in [0.4, 0.5) is 0 Å². The number of pyridine rings is 1. The number of hydrazone groups is 1. The largest absolute Gasteiger partial charge is 0.481 e. The van der Waals surface area contributed by atoms with E-state index in [1.54, 1.807) is 18.3 Å². The van der Waals surface area contributed by atoms with Gasteiger partial charge in [0.2, 0.25) is 0 Å². The van der Waals surface area contributed by atoms with Crippen LogP contribution < -0.4 is 10.2 Å². The SMILES string of the molecule is O=C(COc1cccc2cccnc12)N/N=C/c1cc(Br)c(Sc2ccc(Cl)cc2)o1. The molecule has 0 saturated carbocycles. The minimum absolute atomic E-state index is 0.188. The number of carbonyl (C=O) groups is 1. The fourth-order valence-corrected chi connectivity index (χ4v) is 4.10. The first-order valence-electron chi connectivity index (χ1n) is 9.10. The van der Waals surface area contributed by atoms with Crippen LogP contribution in [0.5, 0.6) is 5.75 Å². The second-order valence-electron chi connectivity index (χ2n) is 6.25. The third-order valence-electron chi connectivity index (χ3n) is 4.03. The Balaban J connectivity index is 1.32. The van der Waals surface area contributed by atoms with Gasteiger partial charge < -0.3 is 9.15 Å². The molecule has 0 aliphatic carbocycles. The number of carbonyl (C=O) groups excluding carboxylic acids is 1. The van der Waals surface area contributed by atoms with E-state index >= 15 is 0 Å². The molecule has 0 bridgehead atoms. The predicted octanol–water partition coefficient (Wildman–Crippen LogP) is 5.92. The summed E-state index contributed by atoms with van der Waals surface area (Å²) in [5, 5.41) is 6.21. The number of amides is 1. The Labute approximate surface area is 195 Å². The zero-order valence-electron chi connectivity index (χ0n) is 15.9. The van der Waals surface area contributed by atoms with Crippen LogP contribution in [0.2, 0.25) is 5.02 Å². The van der Waals surface area contributed by atoms with Crippen molar-refractivity contribution >= 4 is 62.3 Å². The van der Waals surface area contributed by atoms with E-state index < -0.39 is 5.91 Å². The Hall–Kier alpha value is -2.81. The van der Waals surface area contributed by atoms with Crippen molar-refractivity contribution in [1.29, 1.82) is 0 Å². The summed E-state index contributed by atoms with van der Waals surface area (Å²) in [5.41, 5.74) is 3.12. The molecule has 2 aromatic carbocycles. The van der Waals surface area contributed by atoms with Crippen LogP contribution in [-0.2, 0) is 4.79 Å². The van der Waals surface area contributed by atoms with Crippen molar-refractivity contribution in [2.45, 2.75) is 9.99 Å². The van der Waals surface area contributed by atoms with Crippen LogP contribution in [0.15, 0.2) is 90.8 Å². The highest BCUT2D eigenvalue weighted by Gasteiger charge is 2.10. The Morgan fingerprint density at radius 2 is 2.03 bits per heavy atom. The van der Waals surface area contributed by atoms with E-state index in [9.17, 15) is 4.79 Å². The molecule has 156 valence electrons. The average molecular weight is 517 g/mol. The van der Waals surface area contributed by atoms with E-state index in [2.05, 4.69) is 31.4 Å². The molecule has 0 aliphatic rings. The van der Waals surface area contributed by atoms with E-state index in [0.717, 1.165) is 14.8 Å². The lowest BCUT2D eigenvalue weighted by atomic mass is 10.2. The van der Waals surface area contributed by atoms with E-state index in [0.29, 0.717) is 27.1 Å². The second kappa shape index (κ2) is 10.00. The van der Waals surface area contributed by atoms with Crippen molar-refractivity contribution in [3.05, 3.63) is 82.1 Å². The van der Waals surface area contributed by atoms with Gasteiger partial charge >= 0.3 is 0 Å². The van der Waals surface area contributed by atoms with Crippen LogP contribution in [0, 0.1) is 0 Å². The number of nitrogens with zero attached hydrogens (tertiary/aromatic N) is 2. The average Bonchev–Trinajstić information content (AvgIpc) is 3.12. The van der Waals surface area contributed by atoms with Gasteiger partial charge in [0, 0.05) is 27.6 Å². The highest BCUT2D eigenvalue weighted by molar-refractivity contribution is 9.10. The molecular formula is C22H15BrClN3O3S. The normalized spacial score (nSPS) is 11.2. The number of rotatable bonds is 7. The van der Waals surface area contributed by atoms with Gasteiger partial charge in [0.05, 0.1) is 10.7 Å². The third kappa shape index (κ3) is 5.66. The summed E-state index contributed by atoms with van der Waals surface area (Å²) in [6.45, 7) is -0.188. The maximum Gasteiger partial charge on any atom is 0.277 e. The number of fused-ring (bicyclic) bond motifs is 1. The summed E-state index contributed by atoms with van der Waals surface area (Å²) < 4.78 is 12.1. The number of benzene rings is 2. The van der Waals surface area contributed by atoms with E-state index in [1.165, 1.54) is 18.0 Å². The van der Waals surface area contributed by atoms with Gasteiger partial charge in [-0.25, -0.2) is 5.43 Å². The van der Waals surface area contributed by atoms with Gasteiger partial charge in [-0.15, -0.1) is 0 Å². The third-order valence-corrected chi connectivity index (χ3v) is 6.13. The number of hydrogen-bond acceptors (Lipinski definition) is 6. The van der Waals surface area contributed by atoms with Gasteiger partial charge in [-0.05, 0) is 52.3 Å². The molecule has 1 amide bonds. The topological polar surface area (TPSA) is 76.7 Å². The Bertz CT molecular complexity index is 1240. The number of para-hydroxylation sites is 1. The Morgan fingerprint density at radius 1 is 1.23 bits per heavy atom. The lowest BCUT2D eigenvalue weighted by molar-refractivity contribution is -0.123. The number of nitrogens with one attached hydrogen (secondary N) is 1. The van der Waals surface area contributed by atoms with Gasteiger partial charge in [-0.1, -0.05) is 41.6 Å². The molecule has 1 N–H and O–H groups in total. The molecule has 0 saturated heterocycles. The molecule has 0 spiro atoms. The highest BCUT2D eigenvalue weighted by Crippen LogP contribution is 2.35. The first-order chi connectivity index (χ1) is 15.1. The maximum atomic E-state index is 12.1. The molecular weight excluding hydrogens is 502 g/mol. The lowest BCUT2D eigenvalue weighted by Crippen LogP contribution is -2.24. The lowest BCUT2D eigenvalue weighted by Gasteiger charge is -2.07. The van der Waals surface area contributed by atoms with Crippen molar-refractivity contribution in [1.82, 2.24) is 10.4 Å². The summed E-state index contributed by atoms with van der Waals surface area (Å²) in [6, 6.07) is 18.5. The number of furan rings is 1. The van der Waals surface area contributed by atoms with Gasteiger partial charge in [-0.3, -0.25) is 9.78 Å². The summed E-state index contributed by atoms with van der Waals surface area (Å²) in [6.07, 6.45) is 3.11. The van der Waals surface area contributed by atoms with Crippen molar-refractivity contribution < 1.29 is 13.9 Å². The van der Waals surface area contributed by atoms with Crippen LogP contribution in [0.25, 0.3) is 10.9 Å². The molecule has 0 atom stereocenters. The Morgan fingerprint density at radius 3 is 2.87 bits per heavy atom. The van der Waals surface area contributed by atoms with E-state index in [1.807, 2.05) is 48.5 Å². The molecule has 9 heteroatoms. The van der Waals surface area contributed by atoms with Gasteiger partial charge in [0.1, 0.15) is 17.0 Å². The van der Waals surface area contributed by atoms with Crippen LogP contribution in [0.3, 0.4) is 0 Å². The van der Waals surface area contributed by atoms with Gasteiger partial charge in [0.15, 0.2) is 11.7 Å². The molecule has 31 heavy (non-hydrogen) atoms. The van der Waals surface area contributed by atoms with Gasteiger partial charge in [-0.2, -0.15) is 5.10 Å². The second-order valence-corrected chi connectivity index (χ2v) is 8.59. The predicted molar refractivity (Wildman–Crippen MR) is 125 cm³/mol. The zero-order valence-corrected chi connectivity index (χ0v) is 19.1. The maximum absolute atomic E-state index is 12.1.